The van der Waals surface area contributed by atoms with Gasteiger partial charge in [0.05, 0.1) is 7.11 Å². The highest BCUT2D eigenvalue weighted by atomic mass is 79.9. The maximum atomic E-state index is 12.5. The number of hydrogen-bond acceptors (Lipinski definition) is 4. The van der Waals surface area contributed by atoms with E-state index in [0.717, 1.165) is 30.2 Å². The van der Waals surface area contributed by atoms with Crippen LogP contribution >= 0.6 is 15.9 Å². The Balaban J connectivity index is 2.09. The minimum Gasteiger partial charge on any atom is -0.463 e. The van der Waals surface area contributed by atoms with Crippen LogP contribution in [0.25, 0.3) is 0 Å². The number of hydrogen-bond donors (Lipinski definition) is 0. The van der Waals surface area contributed by atoms with Crippen molar-refractivity contribution in [3.8, 4) is 0 Å². The van der Waals surface area contributed by atoms with Crippen LogP contribution in [0, 0.1) is 5.92 Å². The Morgan fingerprint density at radius 2 is 1.86 bits per heavy atom. The van der Waals surface area contributed by atoms with Crippen molar-refractivity contribution in [2.45, 2.75) is 76.3 Å². The summed E-state index contributed by atoms with van der Waals surface area (Å²) >= 11 is 3.52. The molecule has 160 valence electrons. The van der Waals surface area contributed by atoms with Gasteiger partial charge in [-0.15, -0.1) is 0 Å². The number of allylic oxidation sites excluding steroid dienone is 1. The zero-order valence-electron chi connectivity index (χ0n) is 18.4. The molecule has 6 heteroatoms. The van der Waals surface area contributed by atoms with E-state index in [-0.39, 0.29) is 22.6 Å². The molecule has 1 aliphatic heterocycles. The number of rotatable bonds is 4. The molecule has 0 bridgehead atoms. The smallest absolute Gasteiger partial charge is 0.373 e. The molecule has 0 spiro atoms. The minimum absolute atomic E-state index is 0.0484. The van der Waals surface area contributed by atoms with Gasteiger partial charge in [-0.2, -0.15) is 0 Å². The maximum absolute atomic E-state index is 12.5. The summed E-state index contributed by atoms with van der Waals surface area (Å²) in [7, 11) is -0.737. The summed E-state index contributed by atoms with van der Waals surface area (Å²) in [5.74, 6) is -0.723. The quantitative estimate of drug-likeness (QED) is 0.362. The van der Waals surface area contributed by atoms with Crippen LogP contribution < -0.4 is 0 Å². The Bertz CT molecular complexity index is 781. The Morgan fingerprint density at radius 3 is 2.45 bits per heavy atom. The third-order valence-corrected chi connectivity index (χ3v) is 11.8. The lowest BCUT2D eigenvalue weighted by atomic mass is 9.71. The van der Waals surface area contributed by atoms with Crippen LogP contribution in [0.2, 0.25) is 18.1 Å². The fraction of sp³-hybridized carbons (Fsp3) is 0.609. The van der Waals surface area contributed by atoms with Crippen LogP contribution in [0.5, 0.6) is 0 Å². The maximum Gasteiger partial charge on any atom is 0.373 e. The highest BCUT2D eigenvalue weighted by molar-refractivity contribution is 9.10. The average Bonchev–Trinajstić information content (AvgIpc) is 2.65. The number of carbonyl (C=O) groups excluding carboxylic acids is 1. The zero-order valence-corrected chi connectivity index (χ0v) is 21.0. The topological polar surface area (TPSA) is 44.8 Å². The van der Waals surface area contributed by atoms with Crippen LogP contribution in [0.3, 0.4) is 0 Å². The molecule has 29 heavy (non-hydrogen) atoms. The van der Waals surface area contributed by atoms with Gasteiger partial charge in [-0.05, 0) is 54.7 Å². The third kappa shape index (κ3) is 4.49. The van der Waals surface area contributed by atoms with Crippen LogP contribution in [0.15, 0.2) is 40.6 Å². The molecule has 1 heterocycles. The number of benzene rings is 1. The molecule has 0 radical (unpaired) electrons. The Morgan fingerprint density at radius 1 is 1.21 bits per heavy atom. The number of ether oxygens (including phenoxy) is 2. The van der Waals surface area contributed by atoms with Gasteiger partial charge in [-0.3, -0.25) is 0 Å². The van der Waals surface area contributed by atoms with Crippen LogP contribution in [-0.2, 0) is 18.7 Å². The second-order valence-electron chi connectivity index (χ2n) is 9.73. The van der Waals surface area contributed by atoms with E-state index in [1.54, 1.807) is 0 Å². The van der Waals surface area contributed by atoms with Gasteiger partial charge in [0.2, 0.25) is 11.5 Å². The van der Waals surface area contributed by atoms with Crippen molar-refractivity contribution in [3.05, 3.63) is 46.1 Å². The minimum atomic E-state index is -2.14. The summed E-state index contributed by atoms with van der Waals surface area (Å²) in [6, 6.07) is 8.35. The Labute approximate surface area is 184 Å². The average molecular weight is 482 g/mol. The third-order valence-electron chi connectivity index (χ3n) is 6.78. The van der Waals surface area contributed by atoms with E-state index in [0.29, 0.717) is 0 Å². The van der Waals surface area contributed by atoms with Crippen molar-refractivity contribution in [2.75, 3.05) is 7.11 Å². The SMILES string of the molecule is COC(=O)C1=C[C@@H](c2ccc(Br)cc2)[C@H]2CCCC[C@@]2(O[Si](C)(C)C(C)(C)C)O1. The van der Waals surface area contributed by atoms with Crippen molar-refractivity contribution >= 4 is 30.2 Å². The number of halogens is 1. The Hall–Kier alpha value is -1.11. The molecule has 2 aliphatic rings. The van der Waals surface area contributed by atoms with Crippen LogP contribution in [0.4, 0.5) is 0 Å². The molecule has 1 aliphatic carbocycles. The predicted molar refractivity (Wildman–Crippen MR) is 121 cm³/mol. The Kier molecular flexibility index (Phi) is 6.38. The highest BCUT2D eigenvalue weighted by Crippen LogP contribution is 2.53. The zero-order chi connectivity index (χ0) is 21.4. The fourth-order valence-electron chi connectivity index (χ4n) is 4.18. The molecule has 3 rings (SSSR count). The second-order valence-corrected chi connectivity index (χ2v) is 15.4. The molecule has 4 nitrogen and oxygen atoms in total. The van der Waals surface area contributed by atoms with Crippen LogP contribution in [0.1, 0.15) is 57.9 Å². The molecule has 1 fully saturated rings. The van der Waals surface area contributed by atoms with Gasteiger partial charge >= 0.3 is 5.97 Å². The molecule has 1 saturated carbocycles. The summed E-state index contributed by atoms with van der Waals surface area (Å²) in [6.07, 6.45) is 5.93. The van der Waals surface area contributed by atoms with Gasteiger partial charge in [0.15, 0.2) is 8.32 Å². The van der Waals surface area contributed by atoms with E-state index in [9.17, 15) is 4.79 Å². The van der Waals surface area contributed by atoms with Crippen molar-refractivity contribution in [1.29, 1.82) is 0 Å². The first-order valence-electron chi connectivity index (χ1n) is 10.4. The van der Waals surface area contributed by atoms with Crippen molar-refractivity contribution in [3.63, 3.8) is 0 Å². The van der Waals surface area contributed by atoms with E-state index in [2.05, 4.69) is 74.1 Å². The molecule has 3 atom stereocenters. The summed E-state index contributed by atoms with van der Waals surface area (Å²) in [6.45, 7) is 11.2. The lowest BCUT2D eigenvalue weighted by molar-refractivity contribution is -0.232. The second kappa shape index (κ2) is 8.20. The lowest BCUT2D eigenvalue weighted by Gasteiger charge is -2.53. The first kappa shape index (κ1) is 22.6. The highest BCUT2D eigenvalue weighted by Gasteiger charge is 2.56. The van der Waals surface area contributed by atoms with E-state index in [1.165, 1.54) is 12.7 Å². The van der Waals surface area contributed by atoms with Crippen LogP contribution in [-0.4, -0.2) is 27.2 Å². The van der Waals surface area contributed by atoms with E-state index in [4.69, 9.17) is 13.9 Å². The predicted octanol–water partition coefficient (Wildman–Crippen LogP) is 6.53. The van der Waals surface area contributed by atoms with Gasteiger partial charge in [0.25, 0.3) is 0 Å². The summed E-state index contributed by atoms with van der Waals surface area (Å²) in [5, 5.41) is 0.0484. The van der Waals surface area contributed by atoms with Crippen molar-refractivity contribution in [1.82, 2.24) is 0 Å². The van der Waals surface area contributed by atoms with Crippen molar-refractivity contribution < 1.29 is 18.7 Å². The molecular formula is C23H33BrO4Si. The van der Waals surface area contributed by atoms with Gasteiger partial charge in [0, 0.05) is 22.7 Å². The molecular weight excluding hydrogens is 448 g/mol. The largest absolute Gasteiger partial charge is 0.463 e. The molecule has 1 aromatic carbocycles. The molecule has 1 aromatic rings. The lowest BCUT2D eigenvalue weighted by Crippen LogP contribution is -2.58. The summed E-state index contributed by atoms with van der Waals surface area (Å²) < 4.78 is 19.5. The first-order chi connectivity index (χ1) is 13.5. The standard InChI is InChI=1S/C23H33BrO4Si/c1-22(2,3)29(5,6)28-23-14-8-7-9-19(23)18(15-20(27-23)21(25)26-4)16-10-12-17(24)13-11-16/h10-13,15,18-19H,7-9,14H2,1-6H3/t18-,19+,23-/m0/s1. The molecule has 0 unspecified atom stereocenters. The molecule has 0 aromatic heterocycles. The monoisotopic (exact) mass is 480 g/mol. The van der Waals surface area contributed by atoms with Gasteiger partial charge < -0.3 is 13.9 Å². The van der Waals surface area contributed by atoms with E-state index in [1.807, 2.05) is 6.08 Å². The molecule has 0 amide bonds. The molecule has 0 saturated heterocycles. The van der Waals surface area contributed by atoms with E-state index >= 15 is 0 Å². The fourth-order valence-corrected chi connectivity index (χ4v) is 5.91. The normalized spacial score (nSPS) is 27.5. The van der Waals surface area contributed by atoms with Gasteiger partial charge in [0.1, 0.15) is 0 Å². The number of esters is 1. The number of carbonyl (C=O) groups is 1. The van der Waals surface area contributed by atoms with E-state index < -0.39 is 20.1 Å². The van der Waals surface area contributed by atoms with Gasteiger partial charge in [-0.25, -0.2) is 4.79 Å². The van der Waals surface area contributed by atoms with Gasteiger partial charge in [-0.1, -0.05) is 55.3 Å². The van der Waals surface area contributed by atoms with Crippen molar-refractivity contribution in [2.24, 2.45) is 5.92 Å². The summed E-state index contributed by atoms with van der Waals surface area (Å²) in [5.41, 5.74) is 1.17. The summed E-state index contributed by atoms with van der Waals surface area (Å²) in [4.78, 5) is 12.5. The first-order valence-corrected chi connectivity index (χ1v) is 14.1. The number of fused-ring (bicyclic) bond motifs is 1. The molecule has 0 N–H and O–H groups in total. The number of methoxy groups -OCH3 is 1.